The number of fused-ring (bicyclic) bond motifs is 1. The minimum Gasteiger partial charge on any atom is -0.496 e. The van der Waals surface area contributed by atoms with E-state index >= 15 is 0 Å². The lowest BCUT2D eigenvalue weighted by Crippen LogP contribution is -2.18. The van der Waals surface area contributed by atoms with Gasteiger partial charge in [-0.1, -0.05) is 17.2 Å². The van der Waals surface area contributed by atoms with E-state index in [9.17, 15) is 14.4 Å². The highest BCUT2D eigenvalue weighted by atomic mass is 16.5. The van der Waals surface area contributed by atoms with Crippen molar-refractivity contribution in [1.29, 1.82) is 0 Å². The molecule has 154 valence electrons. The number of ether oxygens (including phenoxy) is 3. The molecule has 0 heterocycles. The molecule has 0 bridgehead atoms. The molecule has 1 aromatic rings. The molecule has 0 fully saturated rings. The first-order valence-corrected chi connectivity index (χ1v) is 9.24. The summed E-state index contributed by atoms with van der Waals surface area (Å²) < 4.78 is 16.6. The number of esters is 1. The van der Waals surface area contributed by atoms with Gasteiger partial charge in [0.25, 0.3) is 0 Å². The number of carbonyl (C=O) groups excluding carboxylic acids is 3. The van der Waals surface area contributed by atoms with Gasteiger partial charge < -0.3 is 14.2 Å². The lowest BCUT2D eigenvalue weighted by atomic mass is 9.88. The minimum atomic E-state index is -0.726. The molecule has 0 amide bonds. The molecule has 0 saturated carbocycles. The van der Waals surface area contributed by atoms with Crippen molar-refractivity contribution in [1.82, 2.24) is 0 Å². The largest absolute Gasteiger partial charge is 0.496 e. The van der Waals surface area contributed by atoms with Crippen LogP contribution in [0.1, 0.15) is 66.5 Å². The monoisotopic (exact) mass is 398 g/mol. The van der Waals surface area contributed by atoms with Crippen LogP contribution in [0.15, 0.2) is 41.5 Å². The first kappa shape index (κ1) is 22.1. The summed E-state index contributed by atoms with van der Waals surface area (Å²) in [7, 11) is 2.83. The molecule has 0 radical (unpaired) electrons. The summed E-state index contributed by atoms with van der Waals surface area (Å²) in [5.41, 5.74) is 2.59. The van der Waals surface area contributed by atoms with Gasteiger partial charge in [0.2, 0.25) is 0 Å². The van der Waals surface area contributed by atoms with E-state index in [1.807, 2.05) is 19.9 Å². The molecular weight excluding hydrogens is 372 g/mol. The van der Waals surface area contributed by atoms with Crippen molar-refractivity contribution in [3.8, 4) is 11.5 Å². The molecule has 1 aromatic carbocycles. The third-order valence-electron chi connectivity index (χ3n) is 4.33. The van der Waals surface area contributed by atoms with Crippen molar-refractivity contribution < 1.29 is 28.6 Å². The predicted octanol–water partition coefficient (Wildman–Crippen LogP) is 4.55. The second-order valence-corrected chi connectivity index (χ2v) is 7.18. The molecule has 2 rings (SSSR count). The third kappa shape index (κ3) is 5.02. The van der Waals surface area contributed by atoms with Crippen LogP contribution in [0.2, 0.25) is 0 Å². The summed E-state index contributed by atoms with van der Waals surface area (Å²) in [4.78, 5) is 37.3. The molecular formula is C23H26O6. The number of ketones is 2. The maximum absolute atomic E-state index is 12.6. The minimum absolute atomic E-state index is 0.120. The highest BCUT2D eigenvalue weighted by Gasteiger charge is 2.32. The van der Waals surface area contributed by atoms with Crippen molar-refractivity contribution in [2.24, 2.45) is 0 Å². The van der Waals surface area contributed by atoms with Crippen LogP contribution in [0.4, 0.5) is 0 Å². The number of hydrogen-bond donors (Lipinski definition) is 0. The van der Waals surface area contributed by atoms with Crippen molar-refractivity contribution in [2.45, 2.75) is 40.2 Å². The van der Waals surface area contributed by atoms with Gasteiger partial charge in [-0.25, -0.2) is 4.79 Å². The molecule has 6 heteroatoms. The Kier molecular flexibility index (Phi) is 7.15. The molecule has 0 N–H and O–H groups in total. The fraction of sp³-hybridized carbons (Fsp3) is 0.348. The van der Waals surface area contributed by atoms with Crippen LogP contribution in [0.3, 0.4) is 0 Å². The van der Waals surface area contributed by atoms with E-state index in [2.05, 4.69) is 0 Å². The van der Waals surface area contributed by atoms with Crippen molar-refractivity contribution in [3.05, 3.63) is 58.2 Å². The molecule has 1 aliphatic rings. The van der Waals surface area contributed by atoms with Crippen LogP contribution in [0.5, 0.6) is 11.5 Å². The summed E-state index contributed by atoms with van der Waals surface area (Å²) in [5.74, 6) is -0.769. The van der Waals surface area contributed by atoms with E-state index in [0.717, 1.165) is 11.1 Å². The topological polar surface area (TPSA) is 78.9 Å². The Morgan fingerprint density at radius 1 is 0.966 bits per heavy atom. The molecule has 0 saturated heterocycles. The zero-order valence-electron chi connectivity index (χ0n) is 17.6. The summed E-state index contributed by atoms with van der Waals surface area (Å²) in [6, 6.07) is 1.60. The zero-order chi connectivity index (χ0) is 21.7. The van der Waals surface area contributed by atoms with Crippen molar-refractivity contribution in [3.63, 3.8) is 0 Å². The maximum Gasteiger partial charge on any atom is 0.331 e. The first-order valence-electron chi connectivity index (χ1n) is 9.24. The number of benzene rings is 1. The van der Waals surface area contributed by atoms with E-state index in [4.69, 9.17) is 14.2 Å². The molecule has 0 unspecified atom stereocenters. The van der Waals surface area contributed by atoms with E-state index in [-0.39, 0.29) is 34.2 Å². The molecule has 0 spiro atoms. The van der Waals surface area contributed by atoms with Gasteiger partial charge >= 0.3 is 5.97 Å². The van der Waals surface area contributed by atoms with Crippen LogP contribution in [-0.4, -0.2) is 31.8 Å². The summed E-state index contributed by atoms with van der Waals surface area (Å²) in [6.07, 6.45) is 5.39. The summed E-state index contributed by atoms with van der Waals surface area (Å²) in [5, 5.41) is 0. The third-order valence-corrected chi connectivity index (χ3v) is 4.33. The average Bonchev–Trinajstić information content (AvgIpc) is 2.65. The highest BCUT2D eigenvalue weighted by Crippen LogP contribution is 2.42. The standard InChI is InChI=1S/C23H26O6/c1-13(2)7-10-18(29-20(26)11-14(3)4)15-12-19(27-5)21-16(24)8-9-17(25)22(21)23(15)28-6/h7-9,11-12,18H,10H2,1-6H3/t18-/m1/s1. The number of methoxy groups -OCH3 is 2. The Hall–Kier alpha value is -3.15. The summed E-state index contributed by atoms with van der Waals surface area (Å²) >= 11 is 0. The number of carbonyl (C=O) groups is 3. The van der Waals surface area contributed by atoms with E-state index in [1.54, 1.807) is 19.9 Å². The zero-order valence-corrected chi connectivity index (χ0v) is 17.6. The lowest BCUT2D eigenvalue weighted by Gasteiger charge is -2.24. The fourth-order valence-electron chi connectivity index (χ4n) is 3.07. The van der Waals surface area contributed by atoms with Crippen molar-refractivity contribution in [2.75, 3.05) is 14.2 Å². The molecule has 1 atom stereocenters. The number of rotatable bonds is 7. The molecule has 0 aromatic heterocycles. The molecule has 29 heavy (non-hydrogen) atoms. The number of allylic oxidation sites excluding steroid dienone is 4. The average molecular weight is 398 g/mol. The summed E-state index contributed by atoms with van der Waals surface area (Å²) in [6.45, 7) is 7.47. The molecule has 0 aliphatic heterocycles. The smallest absolute Gasteiger partial charge is 0.331 e. The quantitative estimate of drug-likeness (QED) is 0.381. The van der Waals surface area contributed by atoms with Crippen LogP contribution in [0, 0.1) is 0 Å². The predicted molar refractivity (Wildman–Crippen MR) is 110 cm³/mol. The van der Waals surface area contributed by atoms with Gasteiger partial charge in [0.15, 0.2) is 11.6 Å². The van der Waals surface area contributed by atoms with Gasteiger partial charge in [0, 0.05) is 18.1 Å². The Labute approximate surface area is 170 Å². The van der Waals surface area contributed by atoms with Gasteiger partial charge in [0.05, 0.1) is 25.3 Å². The Morgan fingerprint density at radius 3 is 2.10 bits per heavy atom. The van der Waals surface area contributed by atoms with Gasteiger partial charge in [-0.05, 0) is 45.9 Å². The first-order chi connectivity index (χ1) is 13.7. The van der Waals surface area contributed by atoms with Gasteiger partial charge in [0.1, 0.15) is 17.6 Å². The van der Waals surface area contributed by atoms with Gasteiger partial charge in [-0.2, -0.15) is 0 Å². The fourth-order valence-corrected chi connectivity index (χ4v) is 3.07. The molecule has 6 nitrogen and oxygen atoms in total. The highest BCUT2D eigenvalue weighted by molar-refractivity contribution is 6.24. The van der Waals surface area contributed by atoms with E-state index in [1.165, 1.54) is 32.4 Å². The normalized spacial score (nSPS) is 13.3. The SMILES string of the molecule is COc1cc([C@@H](CC=C(C)C)OC(=O)C=C(C)C)c(OC)c2c1C(=O)C=CC2=O. The second-order valence-electron chi connectivity index (χ2n) is 7.18. The second kappa shape index (κ2) is 9.37. The Balaban J connectivity index is 2.69. The van der Waals surface area contributed by atoms with Crippen LogP contribution in [-0.2, 0) is 9.53 Å². The van der Waals surface area contributed by atoms with Crippen LogP contribution >= 0.6 is 0 Å². The Morgan fingerprint density at radius 2 is 1.59 bits per heavy atom. The van der Waals surface area contributed by atoms with E-state index < -0.39 is 12.1 Å². The maximum atomic E-state index is 12.6. The van der Waals surface area contributed by atoms with Crippen LogP contribution < -0.4 is 9.47 Å². The number of hydrogen-bond acceptors (Lipinski definition) is 6. The lowest BCUT2D eigenvalue weighted by molar-refractivity contribution is -0.143. The van der Waals surface area contributed by atoms with E-state index in [0.29, 0.717) is 12.0 Å². The van der Waals surface area contributed by atoms with Crippen LogP contribution in [0.25, 0.3) is 0 Å². The Bertz CT molecular complexity index is 925. The molecule has 1 aliphatic carbocycles. The van der Waals surface area contributed by atoms with Gasteiger partial charge in [-0.15, -0.1) is 0 Å². The van der Waals surface area contributed by atoms with Gasteiger partial charge in [-0.3, -0.25) is 9.59 Å². The van der Waals surface area contributed by atoms with Crippen molar-refractivity contribution >= 4 is 17.5 Å².